The number of quaternary nitrogens is 1. The first-order valence-corrected chi connectivity index (χ1v) is 26.5. The van der Waals surface area contributed by atoms with Crippen molar-refractivity contribution in [3.05, 3.63) is 60.8 Å². The Bertz CT molecular complexity index is 1250. The van der Waals surface area contributed by atoms with E-state index < -0.39 is 24.3 Å². The highest BCUT2D eigenvalue weighted by Gasteiger charge is 2.25. The van der Waals surface area contributed by atoms with Crippen molar-refractivity contribution in [2.75, 3.05) is 47.5 Å². The Labute approximate surface area is 399 Å². The molecule has 0 rings (SSSR count). The number of esters is 2. The monoisotopic (exact) mass is 915 g/mol. The molecule has 0 saturated carbocycles. The standard InChI is InChI=1S/C56H99NO8/c1-6-8-10-12-14-16-18-20-21-22-23-24-25-26-27-28-29-30-31-32-33-35-36-38-40-42-44-46-53(58)63-50-52(51-64-56(55(60)61)62-49-48-57(3,4)5)65-54(59)47-45-43-41-39-37-34-19-17-15-13-11-9-7-2/h9,11,15,17-18,20,22-23,34,37,52,56H,6-8,10,12-14,16,19,21,24-33,35-36,38-51H2,1-5H3/p+1/b11-9-,17-15-,20-18-,23-22-,37-34-. The van der Waals surface area contributed by atoms with Gasteiger partial charge in [-0.3, -0.25) is 9.59 Å². The zero-order chi connectivity index (χ0) is 47.7. The Balaban J connectivity index is 4.20. The Kier molecular flexibility index (Phi) is 45.3. The second-order valence-electron chi connectivity index (χ2n) is 18.8. The van der Waals surface area contributed by atoms with Gasteiger partial charge in [0.25, 0.3) is 6.29 Å². The predicted octanol–water partition coefficient (Wildman–Crippen LogP) is 14.9. The second-order valence-corrected chi connectivity index (χ2v) is 18.8. The summed E-state index contributed by atoms with van der Waals surface area (Å²) in [5.41, 5.74) is 0. The van der Waals surface area contributed by atoms with Crippen LogP contribution in [0.3, 0.4) is 0 Å². The summed E-state index contributed by atoms with van der Waals surface area (Å²) < 4.78 is 22.8. The van der Waals surface area contributed by atoms with Crippen LogP contribution < -0.4 is 0 Å². The molecule has 9 nitrogen and oxygen atoms in total. The van der Waals surface area contributed by atoms with E-state index in [-0.39, 0.29) is 32.2 Å². The molecule has 0 radical (unpaired) electrons. The number of unbranched alkanes of at least 4 members (excludes halogenated alkanes) is 23. The molecule has 0 amide bonds. The van der Waals surface area contributed by atoms with Crippen molar-refractivity contribution in [1.82, 2.24) is 0 Å². The van der Waals surface area contributed by atoms with Gasteiger partial charge in [-0.1, -0.05) is 190 Å². The van der Waals surface area contributed by atoms with E-state index >= 15 is 0 Å². The highest BCUT2D eigenvalue weighted by Crippen LogP contribution is 2.15. The first-order valence-electron chi connectivity index (χ1n) is 26.5. The number of carbonyl (C=O) groups is 3. The maximum Gasteiger partial charge on any atom is 0.361 e. The van der Waals surface area contributed by atoms with Gasteiger partial charge < -0.3 is 28.5 Å². The topological polar surface area (TPSA) is 108 Å². The number of carbonyl (C=O) groups excluding carboxylic acids is 2. The van der Waals surface area contributed by atoms with Crippen LogP contribution in [0.25, 0.3) is 0 Å². The van der Waals surface area contributed by atoms with Crippen LogP contribution in [0, 0.1) is 0 Å². The van der Waals surface area contributed by atoms with E-state index in [0.29, 0.717) is 23.9 Å². The Hall–Kier alpha value is -3.01. The summed E-state index contributed by atoms with van der Waals surface area (Å²) in [7, 11) is 5.95. The molecule has 2 atom stereocenters. The van der Waals surface area contributed by atoms with Gasteiger partial charge in [-0.25, -0.2) is 4.79 Å². The van der Waals surface area contributed by atoms with Crippen LogP contribution in [-0.4, -0.2) is 87.4 Å². The molecule has 2 unspecified atom stereocenters. The first kappa shape index (κ1) is 62.0. The van der Waals surface area contributed by atoms with E-state index in [2.05, 4.69) is 74.6 Å². The van der Waals surface area contributed by atoms with E-state index in [1.54, 1.807) is 0 Å². The second kappa shape index (κ2) is 47.5. The summed E-state index contributed by atoms with van der Waals surface area (Å²) in [6.07, 6.45) is 55.9. The SMILES string of the molecule is CC/C=C\C/C=C\C/C=C\CCCCCC(=O)OC(COC(=O)CCCCCCCCCCCCCCCCC/C=C\C/C=C\CCCCCCC)COC(OCC[N+](C)(C)C)C(=O)O. The van der Waals surface area contributed by atoms with Crippen molar-refractivity contribution in [2.24, 2.45) is 0 Å². The van der Waals surface area contributed by atoms with E-state index in [1.165, 1.54) is 122 Å². The average Bonchev–Trinajstić information content (AvgIpc) is 3.27. The number of ether oxygens (including phenoxy) is 4. The van der Waals surface area contributed by atoms with Gasteiger partial charge in [-0.2, -0.15) is 0 Å². The van der Waals surface area contributed by atoms with E-state index in [9.17, 15) is 19.5 Å². The first-order chi connectivity index (χ1) is 31.6. The smallest absolute Gasteiger partial charge is 0.361 e. The van der Waals surface area contributed by atoms with Crippen LogP contribution >= 0.6 is 0 Å². The fraction of sp³-hybridized carbons (Fsp3) is 0.768. The zero-order valence-corrected chi connectivity index (χ0v) is 42.6. The van der Waals surface area contributed by atoms with Gasteiger partial charge in [0.05, 0.1) is 34.4 Å². The van der Waals surface area contributed by atoms with Crippen molar-refractivity contribution in [2.45, 2.75) is 232 Å². The minimum absolute atomic E-state index is 0.180. The average molecular weight is 915 g/mol. The molecular formula is C56H100NO8+. The molecule has 9 heteroatoms. The number of hydrogen-bond donors (Lipinski definition) is 1. The predicted molar refractivity (Wildman–Crippen MR) is 272 cm³/mol. The lowest BCUT2D eigenvalue weighted by Crippen LogP contribution is -2.40. The highest BCUT2D eigenvalue weighted by atomic mass is 16.7. The van der Waals surface area contributed by atoms with Gasteiger partial charge in [-0.05, 0) is 77.0 Å². The van der Waals surface area contributed by atoms with Crippen molar-refractivity contribution in [3.63, 3.8) is 0 Å². The van der Waals surface area contributed by atoms with Gasteiger partial charge in [0.15, 0.2) is 6.10 Å². The van der Waals surface area contributed by atoms with Crippen LogP contribution in [-0.2, 0) is 33.3 Å². The zero-order valence-electron chi connectivity index (χ0n) is 42.6. The summed E-state index contributed by atoms with van der Waals surface area (Å²) >= 11 is 0. The molecule has 0 aliphatic carbocycles. The number of likely N-dealkylation sites (N-methyl/N-ethyl adjacent to an activating group) is 1. The minimum atomic E-state index is -1.52. The van der Waals surface area contributed by atoms with Gasteiger partial charge in [-0.15, -0.1) is 0 Å². The van der Waals surface area contributed by atoms with Gasteiger partial charge in [0.2, 0.25) is 0 Å². The van der Waals surface area contributed by atoms with Gasteiger partial charge >= 0.3 is 17.9 Å². The Morgan fingerprint density at radius 1 is 0.477 bits per heavy atom. The lowest BCUT2D eigenvalue weighted by Gasteiger charge is -2.25. The lowest BCUT2D eigenvalue weighted by atomic mass is 10.0. The number of aliphatic carboxylic acids is 1. The molecule has 0 spiro atoms. The van der Waals surface area contributed by atoms with Crippen LogP contribution in [0.4, 0.5) is 0 Å². The third-order valence-corrected chi connectivity index (χ3v) is 11.3. The number of nitrogens with zero attached hydrogens (tertiary/aromatic N) is 1. The van der Waals surface area contributed by atoms with Crippen molar-refractivity contribution < 1.29 is 42.9 Å². The van der Waals surface area contributed by atoms with E-state index in [1.807, 2.05) is 21.1 Å². The highest BCUT2D eigenvalue weighted by molar-refractivity contribution is 5.71. The number of carboxylic acid groups (broad SMARTS) is 1. The maximum atomic E-state index is 12.8. The third kappa shape index (κ3) is 48.7. The molecule has 0 bridgehead atoms. The van der Waals surface area contributed by atoms with Crippen LogP contribution in [0.1, 0.15) is 219 Å². The van der Waals surface area contributed by atoms with Crippen molar-refractivity contribution >= 4 is 17.9 Å². The molecule has 0 fully saturated rings. The summed E-state index contributed by atoms with van der Waals surface area (Å²) in [4.78, 5) is 37.2. The fourth-order valence-electron chi connectivity index (χ4n) is 7.17. The number of allylic oxidation sites excluding steroid dienone is 10. The van der Waals surface area contributed by atoms with E-state index in [4.69, 9.17) is 18.9 Å². The lowest BCUT2D eigenvalue weighted by molar-refractivity contribution is -0.870. The molecule has 65 heavy (non-hydrogen) atoms. The van der Waals surface area contributed by atoms with Crippen LogP contribution in [0.15, 0.2) is 60.8 Å². The van der Waals surface area contributed by atoms with Crippen molar-refractivity contribution in [3.8, 4) is 0 Å². The summed E-state index contributed by atoms with van der Waals surface area (Å²) in [5.74, 6) is -2.05. The van der Waals surface area contributed by atoms with Crippen LogP contribution in [0.5, 0.6) is 0 Å². The maximum absolute atomic E-state index is 12.8. The molecule has 0 heterocycles. The quantitative estimate of drug-likeness (QED) is 0.0211. The largest absolute Gasteiger partial charge is 0.477 e. The molecule has 0 aromatic carbocycles. The number of hydrogen-bond acceptors (Lipinski definition) is 7. The van der Waals surface area contributed by atoms with Crippen LogP contribution in [0.2, 0.25) is 0 Å². The Morgan fingerprint density at radius 3 is 1.32 bits per heavy atom. The molecule has 0 aromatic rings. The Morgan fingerprint density at radius 2 is 0.877 bits per heavy atom. The number of rotatable bonds is 48. The summed E-state index contributed by atoms with van der Waals surface area (Å²) in [6.45, 7) is 4.72. The molecule has 376 valence electrons. The summed E-state index contributed by atoms with van der Waals surface area (Å²) in [6, 6.07) is 0. The summed E-state index contributed by atoms with van der Waals surface area (Å²) in [5, 5.41) is 9.66. The van der Waals surface area contributed by atoms with Gasteiger partial charge in [0, 0.05) is 12.8 Å². The van der Waals surface area contributed by atoms with Crippen molar-refractivity contribution in [1.29, 1.82) is 0 Å². The third-order valence-electron chi connectivity index (χ3n) is 11.3. The molecule has 0 saturated heterocycles. The number of carboxylic acids is 1. The molecule has 0 aromatic heterocycles. The molecule has 0 aliphatic heterocycles. The molecular weight excluding hydrogens is 815 g/mol. The van der Waals surface area contributed by atoms with E-state index in [0.717, 1.165) is 64.2 Å². The van der Waals surface area contributed by atoms with Gasteiger partial charge in [0.1, 0.15) is 13.2 Å². The molecule has 0 aliphatic rings. The minimum Gasteiger partial charge on any atom is -0.477 e. The normalized spacial score (nSPS) is 13.3. The molecule has 1 N–H and O–H groups in total. The fourth-order valence-corrected chi connectivity index (χ4v) is 7.17.